The second kappa shape index (κ2) is 7.06. The normalized spacial score (nSPS) is 17.1. The summed E-state index contributed by atoms with van der Waals surface area (Å²) >= 11 is 10.7. The van der Waals surface area contributed by atoms with Crippen LogP contribution in [-0.2, 0) is 4.79 Å². The number of hydrogen-bond donors (Lipinski definition) is 1. The van der Waals surface area contributed by atoms with E-state index in [0.717, 1.165) is 22.2 Å². The first-order chi connectivity index (χ1) is 12.5. The molecule has 1 amide bonds. The molecule has 1 aromatic heterocycles. The van der Waals surface area contributed by atoms with Crippen LogP contribution in [-0.4, -0.2) is 21.7 Å². The van der Waals surface area contributed by atoms with Crippen LogP contribution >= 0.6 is 39.3 Å². The van der Waals surface area contributed by atoms with Crippen LogP contribution < -0.4 is 5.43 Å². The Kier molecular flexibility index (Phi) is 4.77. The molecule has 1 fully saturated rings. The lowest BCUT2D eigenvalue weighted by Gasteiger charge is -2.26. The third-order valence-corrected chi connectivity index (χ3v) is 6.10. The maximum absolute atomic E-state index is 13.5. The predicted octanol–water partition coefficient (Wildman–Crippen LogP) is 5.39. The van der Waals surface area contributed by atoms with Crippen LogP contribution in [0.5, 0.6) is 0 Å². The van der Waals surface area contributed by atoms with Crippen molar-refractivity contribution in [2.24, 2.45) is 0 Å². The number of halogens is 3. The minimum atomic E-state index is -0.334. The molecule has 4 nitrogen and oxygen atoms in total. The summed E-state index contributed by atoms with van der Waals surface area (Å²) in [5, 5.41) is 2.79. The van der Waals surface area contributed by atoms with Gasteiger partial charge in [-0.3, -0.25) is 15.2 Å². The molecule has 1 aliphatic heterocycles. The Labute approximate surface area is 166 Å². The second-order valence-electron chi connectivity index (χ2n) is 5.73. The number of carbonyl (C=O) groups excluding carboxylic acids is 1. The molecule has 1 N–H and O–H groups in total. The van der Waals surface area contributed by atoms with E-state index < -0.39 is 0 Å². The average molecular weight is 453 g/mol. The van der Waals surface area contributed by atoms with Crippen molar-refractivity contribution in [2.75, 3.05) is 11.2 Å². The van der Waals surface area contributed by atoms with Gasteiger partial charge in [-0.15, -0.1) is 11.8 Å². The van der Waals surface area contributed by atoms with Gasteiger partial charge in [-0.05, 0) is 57.9 Å². The predicted molar refractivity (Wildman–Crippen MR) is 107 cm³/mol. The van der Waals surface area contributed by atoms with Gasteiger partial charge in [0.05, 0.1) is 21.4 Å². The van der Waals surface area contributed by atoms with Crippen LogP contribution in [0.4, 0.5) is 10.1 Å². The van der Waals surface area contributed by atoms with Gasteiger partial charge in [-0.2, -0.15) is 0 Å². The Balaban J connectivity index is 1.69. The Morgan fingerprint density at radius 3 is 2.92 bits per heavy atom. The van der Waals surface area contributed by atoms with Crippen molar-refractivity contribution < 1.29 is 9.18 Å². The summed E-state index contributed by atoms with van der Waals surface area (Å²) in [6.07, 6.45) is 1.66. The summed E-state index contributed by atoms with van der Waals surface area (Å²) in [4.78, 5) is 16.7. The summed E-state index contributed by atoms with van der Waals surface area (Å²) in [6.45, 7) is 0. The topological polar surface area (TPSA) is 45.2 Å². The first kappa shape index (κ1) is 17.6. The van der Waals surface area contributed by atoms with Crippen molar-refractivity contribution in [2.45, 2.75) is 5.37 Å². The number of aromatic nitrogens is 1. The van der Waals surface area contributed by atoms with Gasteiger partial charge < -0.3 is 0 Å². The molecular formula is C18H12BrClFN3OS. The average Bonchev–Trinajstić information content (AvgIpc) is 2.98. The molecule has 0 radical (unpaired) electrons. The molecule has 0 saturated carbocycles. The molecule has 1 aliphatic rings. The van der Waals surface area contributed by atoms with Gasteiger partial charge in [0, 0.05) is 16.6 Å². The molecule has 132 valence electrons. The fourth-order valence-electron chi connectivity index (χ4n) is 2.81. The van der Waals surface area contributed by atoms with E-state index >= 15 is 0 Å². The number of fused-ring (bicyclic) bond motifs is 1. The van der Waals surface area contributed by atoms with E-state index in [-0.39, 0.29) is 17.1 Å². The van der Waals surface area contributed by atoms with Crippen molar-refractivity contribution >= 4 is 61.8 Å². The first-order valence-electron chi connectivity index (χ1n) is 7.72. The highest BCUT2D eigenvalue weighted by atomic mass is 79.9. The molecule has 0 spiro atoms. The summed E-state index contributed by atoms with van der Waals surface area (Å²) in [5.74, 6) is -0.0272. The van der Waals surface area contributed by atoms with E-state index in [0.29, 0.717) is 15.2 Å². The molecular weight excluding hydrogens is 441 g/mol. The maximum Gasteiger partial charge on any atom is 0.252 e. The van der Waals surface area contributed by atoms with Crippen molar-refractivity contribution in [3.63, 3.8) is 0 Å². The number of benzene rings is 2. The maximum atomic E-state index is 13.5. The smallest absolute Gasteiger partial charge is 0.252 e. The zero-order valence-corrected chi connectivity index (χ0v) is 16.4. The molecule has 0 bridgehead atoms. The highest BCUT2D eigenvalue weighted by Gasteiger charge is 2.33. The molecule has 1 atom stereocenters. The Morgan fingerprint density at radius 1 is 1.27 bits per heavy atom. The number of nitrogens with one attached hydrogen (secondary N) is 1. The highest BCUT2D eigenvalue weighted by Crippen LogP contribution is 2.40. The standard InChI is InChI=1S/C18H12BrClFN3OS/c19-13-7-10(1-4-14(13)21)18-24(17(25)9-26-18)23-15-5-6-22-16-8-11(20)2-3-12(15)16/h1-8,18H,9H2,(H,22,23). The molecule has 0 aliphatic carbocycles. The fourth-order valence-corrected chi connectivity index (χ4v) is 4.47. The van der Waals surface area contributed by atoms with Crippen molar-refractivity contribution in [1.29, 1.82) is 0 Å². The molecule has 4 rings (SSSR count). The molecule has 1 unspecified atom stereocenters. The van der Waals surface area contributed by atoms with Crippen molar-refractivity contribution in [3.05, 3.63) is 69.5 Å². The van der Waals surface area contributed by atoms with Gasteiger partial charge in [0.25, 0.3) is 5.91 Å². The highest BCUT2D eigenvalue weighted by molar-refractivity contribution is 9.10. The quantitative estimate of drug-likeness (QED) is 0.579. The van der Waals surface area contributed by atoms with Crippen molar-refractivity contribution in [3.8, 4) is 0 Å². The van der Waals surface area contributed by atoms with Crippen LogP contribution in [0, 0.1) is 5.82 Å². The zero-order chi connectivity index (χ0) is 18.3. The third-order valence-electron chi connectivity index (χ3n) is 4.04. The molecule has 3 aromatic rings. The number of hydrazine groups is 1. The first-order valence-corrected chi connectivity index (χ1v) is 9.94. The van der Waals surface area contributed by atoms with E-state index in [2.05, 4.69) is 26.3 Å². The van der Waals surface area contributed by atoms with E-state index in [1.165, 1.54) is 17.8 Å². The van der Waals surface area contributed by atoms with E-state index in [4.69, 9.17) is 11.6 Å². The summed E-state index contributed by atoms with van der Waals surface area (Å²) < 4.78 is 13.9. The minimum absolute atomic E-state index is 0.0422. The SMILES string of the molecule is O=C1CSC(c2ccc(F)c(Br)c2)N1Nc1ccnc2cc(Cl)ccc12. The molecule has 2 aromatic carbocycles. The van der Waals surface area contributed by atoms with Crippen LogP contribution in [0.1, 0.15) is 10.9 Å². The van der Waals surface area contributed by atoms with Gasteiger partial charge in [-0.1, -0.05) is 17.7 Å². The molecule has 1 saturated heterocycles. The summed E-state index contributed by atoms with van der Waals surface area (Å²) in [5.41, 5.74) is 5.54. The molecule has 8 heteroatoms. The lowest BCUT2D eigenvalue weighted by Crippen LogP contribution is -2.33. The summed E-state index contributed by atoms with van der Waals surface area (Å²) in [7, 11) is 0. The van der Waals surface area contributed by atoms with Gasteiger partial charge >= 0.3 is 0 Å². The number of nitrogens with zero attached hydrogens (tertiary/aromatic N) is 2. The number of thioether (sulfide) groups is 1. The van der Waals surface area contributed by atoms with E-state index in [1.54, 1.807) is 35.5 Å². The Bertz CT molecular complexity index is 1020. The second-order valence-corrected chi connectivity index (χ2v) is 8.09. The van der Waals surface area contributed by atoms with Crippen molar-refractivity contribution in [1.82, 2.24) is 9.99 Å². The minimum Gasteiger partial charge on any atom is -0.294 e. The largest absolute Gasteiger partial charge is 0.294 e. The molecule has 26 heavy (non-hydrogen) atoms. The number of amides is 1. The van der Waals surface area contributed by atoms with Crippen LogP contribution in [0.3, 0.4) is 0 Å². The fraction of sp³-hybridized carbons (Fsp3) is 0.111. The van der Waals surface area contributed by atoms with Gasteiger partial charge in [-0.25, -0.2) is 9.40 Å². The molecule has 2 heterocycles. The summed E-state index contributed by atoms with van der Waals surface area (Å²) in [6, 6.07) is 12.0. The third kappa shape index (κ3) is 3.26. The van der Waals surface area contributed by atoms with Crippen LogP contribution in [0.15, 0.2) is 53.1 Å². The number of rotatable bonds is 3. The lowest BCUT2D eigenvalue weighted by molar-refractivity contribution is -0.126. The van der Waals surface area contributed by atoms with Gasteiger partial charge in [0.15, 0.2) is 0 Å². The number of hydrogen-bond acceptors (Lipinski definition) is 4. The van der Waals surface area contributed by atoms with Crippen LogP contribution in [0.2, 0.25) is 5.02 Å². The lowest BCUT2D eigenvalue weighted by atomic mass is 10.2. The van der Waals surface area contributed by atoms with E-state index in [1.807, 2.05) is 12.1 Å². The number of pyridine rings is 1. The number of anilines is 1. The monoisotopic (exact) mass is 451 g/mol. The number of carbonyl (C=O) groups is 1. The Morgan fingerprint density at radius 2 is 2.12 bits per heavy atom. The van der Waals surface area contributed by atoms with E-state index in [9.17, 15) is 9.18 Å². The van der Waals surface area contributed by atoms with Crippen LogP contribution in [0.25, 0.3) is 10.9 Å². The Hall–Kier alpha value is -1.83. The van der Waals surface area contributed by atoms with Gasteiger partial charge in [0.1, 0.15) is 11.2 Å². The zero-order valence-electron chi connectivity index (χ0n) is 13.2. The van der Waals surface area contributed by atoms with Gasteiger partial charge in [0.2, 0.25) is 0 Å².